The SMILES string of the molecule is C=Cc1c(-c2c(C)oc3ccccc23)ccc2c1sc1ccc(-c3ccc4cc(-c5c6ccccc6c(-c6ccccc6)c6ccccc56)ccc4c3)cc12. The molecule has 0 unspecified atom stereocenters. The van der Waals surface area contributed by atoms with Gasteiger partial charge >= 0.3 is 0 Å². The lowest BCUT2D eigenvalue weighted by molar-refractivity contribution is 0.580. The van der Waals surface area contributed by atoms with Crippen LogP contribution >= 0.6 is 11.3 Å². The van der Waals surface area contributed by atoms with Crippen molar-refractivity contribution in [3.63, 3.8) is 0 Å². The van der Waals surface area contributed by atoms with E-state index in [0.717, 1.165) is 27.9 Å². The molecule has 2 heterocycles. The van der Waals surface area contributed by atoms with Gasteiger partial charge in [-0.2, -0.15) is 0 Å². The smallest absolute Gasteiger partial charge is 0.134 e. The lowest BCUT2D eigenvalue weighted by Crippen LogP contribution is -1.90. The molecule has 0 amide bonds. The van der Waals surface area contributed by atoms with Gasteiger partial charge in [0.25, 0.3) is 0 Å². The molecule has 55 heavy (non-hydrogen) atoms. The maximum Gasteiger partial charge on any atom is 0.134 e. The van der Waals surface area contributed by atoms with Gasteiger partial charge in [0.2, 0.25) is 0 Å². The molecule has 0 aliphatic rings. The highest BCUT2D eigenvalue weighted by atomic mass is 32.1. The fraction of sp³-hybridized carbons (Fsp3) is 0.0189. The van der Waals surface area contributed by atoms with E-state index in [1.807, 2.05) is 29.5 Å². The number of rotatable bonds is 5. The van der Waals surface area contributed by atoms with Crippen LogP contribution in [0.3, 0.4) is 0 Å². The third kappa shape index (κ3) is 4.92. The summed E-state index contributed by atoms with van der Waals surface area (Å²) >= 11 is 1.84. The molecule has 1 nitrogen and oxygen atoms in total. The van der Waals surface area contributed by atoms with Crippen molar-refractivity contribution in [1.29, 1.82) is 0 Å². The van der Waals surface area contributed by atoms with Gasteiger partial charge in [0.05, 0.1) is 0 Å². The van der Waals surface area contributed by atoms with Crippen LogP contribution in [0.25, 0.3) is 114 Å². The van der Waals surface area contributed by atoms with Crippen LogP contribution in [-0.2, 0) is 0 Å². The van der Waals surface area contributed by atoms with Crippen molar-refractivity contribution < 1.29 is 4.42 Å². The minimum absolute atomic E-state index is 0.914. The Hall–Kier alpha value is -6.74. The van der Waals surface area contributed by atoms with E-state index < -0.39 is 0 Å². The maximum atomic E-state index is 6.17. The van der Waals surface area contributed by atoms with Crippen molar-refractivity contribution >= 4 is 80.9 Å². The third-order valence-electron chi connectivity index (χ3n) is 11.4. The Bertz CT molecular complexity index is 3280. The van der Waals surface area contributed by atoms with Crippen molar-refractivity contribution in [2.24, 2.45) is 0 Å². The quantitative estimate of drug-likeness (QED) is 0.162. The van der Waals surface area contributed by atoms with E-state index in [9.17, 15) is 0 Å². The second-order valence-corrected chi connectivity index (χ2v) is 15.5. The van der Waals surface area contributed by atoms with E-state index in [1.165, 1.54) is 91.4 Å². The average Bonchev–Trinajstić information content (AvgIpc) is 3.78. The van der Waals surface area contributed by atoms with Crippen LogP contribution in [0.5, 0.6) is 0 Å². The summed E-state index contributed by atoms with van der Waals surface area (Å²) in [7, 11) is 0. The molecule has 0 aliphatic heterocycles. The molecule has 0 saturated heterocycles. The molecule has 0 spiro atoms. The van der Waals surface area contributed by atoms with Gasteiger partial charge in [-0.25, -0.2) is 0 Å². The van der Waals surface area contributed by atoms with E-state index in [-0.39, 0.29) is 0 Å². The van der Waals surface area contributed by atoms with E-state index in [1.54, 1.807) is 0 Å². The molecule has 2 aromatic heterocycles. The summed E-state index contributed by atoms with van der Waals surface area (Å²) in [6.07, 6.45) is 2.01. The van der Waals surface area contributed by atoms with Crippen molar-refractivity contribution in [3.05, 3.63) is 188 Å². The Morgan fingerprint density at radius 3 is 1.71 bits per heavy atom. The van der Waals surface area contributed by atoms with Crippen LogP contribution in [0.4, 0.5) is 0 Å². The second-order valence-electron chi connectivity index (χ2n) is 14.4. The molecule has 2 heteroatoms. The number of fused-ring (bicyclic) bond motifs is 7. The number of para-hydroxylation sites is 1. The summed E-state index contributed by atoms with van der Waals surface area (Å²) < 4.78 is 8.70. The molecule has 0 saturated carbocycles. The molecule has 0 atom stereocenters. The fourth-order valence-corrected chi connectivity index (χ4v) is 10.1. The Balaban J connectivity index is 1.02. The first-order valence-electron chi connectivity index (χ1n) is 18.8. The summed E-state index contributed by atoms with van der Waals surface area (Å²) in [5.41, 5.74) is 11.9. The van der Waals surface area contributed by atoms with Crippen LogP contribution in [0.2, 0.25) is 0 Å². The first kappa shape index (κ1) is 31.8. The number of benzene rings is 9. The van der Waals surface area contributed by atoms with Crippen molar-refractivity contribution in [2.75, 3.05) is 0 Å². The monoisotopic (exact) mass is 718 g/mol. The Morgan fingerprint density at radius 2 is 1.02 bits per heavy atom. The lowest BCUT2D eigenvalue weighted by Gasteiger charge is -2.18. The summed E-state index contributed by atoms with van der Waals surface area (Å²) in [6.45, 7) is 6.33. The molecule has 0 aliphatic carbocycles. The molecule has 11 rings (SSSR count). The van der Waals surface area contributed by atoms with Crippen LogP contribution in [0.1, 0.15) is 11.3 Å². The minimum atomic E-state index is 0.914. The van der Waals surface area contributed by atoms with Crippen molar-refractivity contribution in [3.8, 4) is 44.5 Å². The highest BCUT2D eigenvalue weighted by Crippen LogP contribution is 2.46. The zero-order valence-corrected chi connectivity index (χ0v) is 31.1. The van der Waals surface area contributed by atoms with Crippen molar-refractivity contribution in [2.45, 2.75) is 6.92 Å². The second kappa shape index (κ2) is 12.4. The van der Waals surface area contributed by atoms with Crippen LogP contribution in [0.15, 0.2) is 181 Å². The third-order valence-corrected chi connectivity index (χ3v) is 12.6. The summed E-state index contributed by atoms with van der Waals surface area (Å²) in [5.74, 6) is 0.929. The average molecular weight is 719 g/mol. The van der Waals surface area contributed by atoms with Crippen LogP contribution in [-0.4, -0.2) is 0 Å². The van der Waals surface area contributed by atoms with Gasteiger partial charge in [0, 0.05) is 31.1 Å². The molecule has 0 bridgehead atoms. The Labute approximate surface area is 323 Å². The number of hydrogen-bond acceptors (Lipinski definition) is 2. The topological polar surface area (TPSA) is 13.1 Å². The predicted octanol–water partition coefficient (Wildman–Crippen LogP) is 15.9. The molecule has 258 valence electrons. The first-order chi connectivity index (χ1) is 27.1. The molecule has 11 aromatic rings. The number of furan rings is 1. The largest absolute Gasteiger partial charge is 0.461 e. The summed E-state index contributed by atoms with van der Waals surface area (Å²) in [5, 5.41) is 11.2. The van der Waals surface area contributed by atoms with Gasteiger partial charge < -0.3 is 4.42 Å². The molecule has 9 aromatic carbocycles. The van der Waals surface area contributed by atoms with Crippen LogP contribution < -0.4 is 0 Å². The zero-order valence-electron chi connectivity index (χ0n) is 30.3. The highest BCUT2D eigenvalue weighted by Gasteiger charge is 2.20. The van der Waals surface area contributed by atoms with E-state index in [0.29, 0.717) is 0 Å². The predicted molar refractivity (Wildman–Crippen MR) is 238 cm³/mol. The Morgan fingerprint density at radius 1 is 0.455 bits per heavy atom. The molecule has 0 radical (unpaired) electrons. The Kier molecular flexibility index (Phi) is 7.17. The molecule has 0 fully saturated rings. The lowest BCUT2D eigenvalue weighted by atomic mass is 9.85. The molecular weight excluding hydrogens is 685 g/mol. The van der Waals surface area contributed by atoms with Gasteiger partial charge in [0.15, 0.2) is 0 Å². The minimum Gasteiger partial charge on any atom is -0.461 e. The molecular formula is C53H34OS. The molecule has 0 N–H and O–H groups in total. The van der Waals surface area contributed by atoms with Gasteiger partial charge in [-0.15, -0.1) is 11.3 Å². The van der Waals surface area contributed by atoms with Gasteiger partial charge in [-0.3, -0.25) is 0 Å². The van der Waals surface area contributed by atoms with E-state index >= 15 is 0 Å². The van der Waals surface area contributed by atoms with Gasteiger partial charge in [-0.05, 0) is 114 Å². The summed E-state index contributed by atoms with van der Waals surface area (Å²) in [4.78, 5) is 0. The normalized spacial score (nSPS) is 11.8. The standard InChI is InChI=1S/C53H34OS/c1-3-39-44(50-32(2)54-48-20-12-11-19-46(48)50)26-27-45-47-31-37(25-28-49(47)55-53(39)45)35-21-22-36-30-38(24-23-34(36)29-35)52-42-17-9-7-15-40(42)51(33-13-5-4-6-14-33)41-16-8-10-18-43(41)52/h3-31H,1H2,2H3. The van der Waals surface area contributed by atoms with Crippen LogP contribution in [0, 0.1) is 6.92 Å². The van der Waals surface area contributed by atoms with Gasteiger partial charge in [-0.1, -0.05) is 152 Å². The maximum absolute atomic E-state index is 6.17. The van der Waals surface area contributed by atoms with E-state index in [4.69, 9.17) is 4.42 Å². The number of aryl methyl sites for hydroxylation is 1. The highest BCUT2D eigenvalue weighted by molar-refractivity contribution is 7.26. The first-order valence-corrected chi connectivity index (χ1v) is 19.6. The van der Waals surface area contributed by atoms with Crippen molar-refractivity contribution in [1.82, 2.24) is 0 Å². The number of hydrogen-bond donors (Lipinski definition) is 0. The van der Waals surface area contributed by atoms with Gasteiger partial charge in [0.1, 0.15) is 11.3 Å². The fourth-order valence-electron chi connectivity index (χ4n) is 8.90. The zero-order chi connectivity index (χ0) is 36.6. The number of thiophene rings is 1. The summed E-state index contributed by atoms with van der Waals surface area (Å²) in [6, 6.07) is 62.1. The van der Waals surface area contributed by atoms with E-state index in [2.05, 4.69) is 171 Å².